The number of carbonyl (C=O) groups is 1. The summed E-state index contributed by atoms with van der Waals surface area (Å²) in [6.45, 7) is 4.12. The molecule has 1 aromatic carbocycles. The van der Waals surface area contributed by atoms with Gasteiger partial charge in [0.2, 0.25) is 5.91 Å². The molecule has 1 N–H and O–H groups in total. The Bertz CT molecular complexity index is 407. The summed E-state index contributed by atoms with van der Waals surface area (Å²) in [4.78, 5) is 13.4. The Labute approximate surface area is 101 Å². The van der Waals surface area contributed by atoms with Crippen molar-refractivity contribution in [2.24, 2.45) is 5.92 Å². The number of nitrogens with one attached hydrogen (secondary N) is 1. The van der Waals surface area contributed by atoms with E-state index >= 15 is 0 Å². The molecule has 17 heavy (non-hydrogen) atoms. The summed E-state index contributed by atoms with van der Waals surface area (Å²) in [7, 11) is 1.65. The van der Waals surface area contributed by atoms with E-state index < -0.39 is 0 Å². The molecule has 0 bridgehead atoms. The van der Waals surface area contributed by atoms with Crippen LogP contribution in [0, 0.1) is 18.7 Å². The fourth-order valence-corrected chi connectivity index (χ4v) is 2.23. The Hall–Kier alpha value is -1.42. The molecule has 0 aromatic heterocycles. The summed E-state index contributed by atoms with van der Waals surface area (Å²) in [5, 5.41) is 2.64. The molecule has 0 saturated carbocycles. The highest BCUT2D eigenvalue weighted by Gasteiger charge is 2.31. The quantitative estimate of drug-likeness (QED) is 0.858. The third kappa shape index (κ3) is 2.82. The number of amides is 1. The summed E-state index contributed by atoms with van der Waals surface area (Å²) < 4.78 is 13.2. The molecular weight excluding hydrogens is 219 g/mol. The van der Waals surface area contributed by atoms with Crippen molar-refractivity contribution in [1.82, 2.24) is 10.2 Å². The molecular formula is C13H17FN2O. The Morgan fingerprint density at radius 1 is 1.47 bits per heavy atom. The van der Waals surface area contributed by atoms with Gasteiger partial charge in [0.25, 0.3) is 0 Å². The van der Waals surface area contributed by atoms with Crippen LogP contribution in [0.25, 0.3) is 0 Å². The minimum absolute atomic E-state index is 0.0923. The van der Waals surface area contributed by atoms with E-state index in [1.165, 1.54) is 6.07 Å². The fraction of sp³-hybridized carbons (Fsp3) is 0.462. The SMILES string of the molecule is CNC(=O)C1CN(Cc2cc(C)cc(F)c2)C1. The number of aryl methyl sites for hydroxylation is 1. The van der Waals surface area contributed by atoms with Crippen molar-refractivity contribution >= 4 is 5.91 Å². The molecule has 0 unspecified atom stereocenters. The summed E-state index contributed by atoms with van der Waals surface area (Å²) >= 11 is 0. The lowest BCUT2D eigenvalue weighted by molar-refractivity contribution is -0.129. The van der Waals surface area contributed by atoms with Crippen LogP contribution in [0.1, 0.15) is 11.1 Å². The van der Waals surface area contributed by atoms with Crippen LogP contribution in [0.2, 0.25) is 0 Å². The first-order valence-corrected chi connectivity index (χ1v) is 5.78. The molecule has 1 aliphatic heterocycles. The standard InChI is InChI=1S/C13H17FN2O/c1-9-3-10(5-12(14)4-9)6-16-7-11(8-16)13(17)15-2/h3-5,11H,6-8H2,1-2H3,(H,15,17). The Kier molecular flexibility index (Phi) is 3.43. The van der Waals surface area contributed by atoms with Crippen LogP contribution in [-0.4, -0.2) is 30.9 Å². The molecule has 1 saturated heterocycles. The Morgan fingerprint density at radius 3 is 2.76 bits per heavy atom. The number of benzene rings is 1. The zero-order chi connectivity index (χ0) is 12.4. The second kappa shape index (κ2) is 4.84. The molecule has 1 aliphatic rings. The van der Waals surface area contributed by atoms with E-state index in [0.717, 1.165) is 24.2 Å². The highest BCUT2D eigenvalue weighted by Crippen LogP contribution is 2.19. The van der Waals surface area contributed by atoms with Gasteiger partial charge in [-0.3, -0.25) is 9.69 Å². The largest absolute Gasteiger partial charge is 0.359 e. The molecule has 1 aromatic rings. The topological polar surface area (TPSA) is 32.3 Å². The second-order valence-electron chi connectivity index (χ2n) is 4.64. The molecule has 0 spiro atoms. The maximum absolute atomic E-state index is 13.2. The maximum atomic E-state index is 13.2. The maximum Gasteiger partial charge on any atom is 0.225 e. The predicted octanol–water partition coefficient (Wildman–Crippen LogP) is 1.31. The normalized spacial score (nSPS) is 16.6. The molecule has 92 valence electrons. The summed E-state index contributed by atoms with van der Waals surface area (Å²) in [6, 6.07) is 5.06. The smallest absolute Gasteiger partial charge is 0.225 e. The van der Waals surface area contributed by atoms with Crippen molar-refractivity contribution in [2.45, 2.75) is 13.5 Å². The summed E-state index contributed by atoms with van der Waals surface area (Å²) in [5.41, 5.74) is 1.90. The van der Waals surface area contributed by atoms with E-state index in [1.54, 1.807) is 13.1 Å². The zero-order valence-electron chi connectivity index (χ0n) is 10.2. The molecule has 2 rings (SSSR count). The summed E-state index contributed by atoms with van der Waals surface area (Å²) in [5.74, 6) is -0.00490. The Morgan fingerprint density at radius 2 is 2.18 bits per heavy atom. The van der Waals surface area contributed by atoms with Gasteiger partial charge in [0.1, 0.15) is 5.82 Å². The molecule has 1 heterocycles. The average Bonchev–Trinajstić information content (AvgIpc) is 2.20. The van der Waals surface area contributed by atoms with Crippen molar-refractivity contribution in [3.05, 3.63) is 35.1 Å². The van der Waals surface area contributed by atoms with Gasteiger partial charge >= 0.3 is 0 Å². The molecule has 0 radical (unpaired) electrons. The average molecular weight is 236 g/mol. The molecule has 0 aliphatic carbocycles. The Balaban J connectivity index is 1.89. The van der Waals surface area contributed by atoms with Crippen LogP contribution in [0.3, 0.4) is 0 Å². The lowest BCUT2D eigenvalue weighted by Crippen LogP contribution is -2.52. The third-order valence-electron chi connectivity index (χ3n) is 3.08. The number of hydrogen-bond donors (Lipinski definition) is 1. The lowest BCUT2D eigenvalue weighted by Gasteiger charge is -2.38. The van der Waals surface area contributed by atoms with Crippen LogP contribution in [-0.2, 0) is 11.3 Å². The van der Waals surface area contributed by atoms with Crippen LogP contribution in [0.5, 0.6) is 0 Å². The molecule has 3 nitrogen and oxygen atoms in total. The van der Waals surface area contributed by atoms with Gasteiger partial charge in [0.15, 0.2) is 0 Å². The van der Waals surface area contributed by atoms with E-state index in [1.807, 2.05) is 13.0 Å². The summed E-state index contributed by atoms with van der Waals surface area (Å²) in [6.07, 6.45) is 0. The van der Waals surface area contributed by atoms with Crippen molar-refractivity contribution in [2.75, 3.05) is 20.1 Å². The first-order valence-electron chi connectivity index (χ1n) is 5.78. The van der Waals surface area contributed by atoms with Gasteiger partial charge in [0.05, 0.1) is 5.92 Å². The van der Waals surface area contributed by atoms with Crippen LogP contribution >= 0.6 is 0 Å². The molecule has 4 heteroatoms. The number of rotatable bonds is 3. The number of carbonyl (C=O) groups excluding carboxylic acids is 1. The minimum Gasteiger partial charge on any atom is -0.359 e. The second-order valence-corrected chi connectivity index (χ2v) is 4.64. The van der Waals surface area contributed by atoms with Gasteiger partial charge in [0, 0.05) is 26.7 Å². The fourth-order valence-electron chi connectivity index (χ4n) is 2.23. The highest BCUT2D eigenvalue weighted by molar-refractivity contribution is 5.79. The van der Waals surface area contributed by atoms with Gasteiger partial charge in [-0.1, -0.05) is 6.07 Å². The van der Waals surface area contributed by atoms with E-state index in [0.29, 0.717) is 6.54 Å². The highest BCUT2D eigenvalue weighted by atomic mass is 19.1. The van der Waals surface area contributed by atoms with E-state index in [9.17, 15) is 9.18 Å². The number of likely N-dealkylation sites (tertiary alicyclic amines) is 1. The van der Waals surface area contributed by atoms with E-state index in [-0.39, 0.29) is 17.6 Å². The monoisotopic (exact) mass is 236 g/mol. The van der Waals surface area contributed by atoms with Gasteiger partial charge in [-0.15, -0.1) is 0 Å². The van der Waals surface area contributed by atoms with E-state index in [2.05, 4.69) is 10.2 Å². The van der Waals surface area contributed by atoms with Crippen molar-refractivity contribution in [1.29, 1.82) is 0 Å². The number of nitrogens with zero attached hydrogens (tertiary/aromatic N) is 1. The van der Waals surface area contributed by atoms with Gasteiger partial charge in [-0.25, -0.2) is 4.39 Å². The molecule has 0 atom stereocenters. The van der Waals surface area contributed by atoms with Crippen LogP contribution in [0.15, 0.2) is 18.2 Å². The first kappa shape index (κ1) is 12.0. The first-order chi connectivity index (χ1) is 8.08. The molecule has 1 amide bonds. The van der Waals surface area contributed by atoms with Crippen LogP contribution < -0.4 is 5.32 Å². The zero-order valence-corrected chi connectivity index (χ0v) is 10.2. The van der Waals surface area contributed by atoms with Gasteiger partial charge in [-0.05, 0) is 30.2 Å². The van der Waals surface area contributed by atoms with E-state index in [4.69, 9.17) is 0 Å². The molecule has 1 fully saturated rings. The van der Waals surface area contributed by atoms with Crippen molar-refractivity contribution < 1.29 is 9.18 Å². The van der Waals surface area contributed by atoms with Crippen molar-refractivity contribution in [3.8, 4) is 0 Å². The predicted molar refractivity (Wildman–Crippen MR) is 64.0 cm³/mol. The van der Waals surface area contributed by atoms with Gasteiger partial charge in [-0.2, -0.15) is 0 Å². The van der Waals surface area contributed by atoms with Gasteiger partial charge < -0.3 is 5.32 Å². The van der Waals surface area contributed by atoms with Crippen molar-refractivity contribution in [3.63, 3.8) is 0 Å². The number of halogens is 1. The lowest BCUT2D eigenvalue weighted by atomic mass is 9.98. The van der Waals surface area contributed by atoms with Crippen LogP contribution in [0.4, 0.5) is 4.39 Å². The minimum atomic E-state index is -0.191. The third-order valence-corrected chi connectivity index (χ3v) is 3.08. The number of hydrogen-bond acceptors (Lipinski definition) is 2.